The van der Waals surface area contributed by atoms with E-state index in [-0.39, 0.29) is 22.3 Å². The number of hydrogen-bond donors (Lipinski definition) is 1. The van der Waals surface area contributed by atoms with Crippen molar-refractivity contribution in [1.29, 1.82) is 0 Å². The molecule has 2 aromatic carbocycles. The van der Waals surface area contributed by atoms with Crippen LogP contribution in [-0.4, -0.2) is 48.0 Å². The number of nitro groups is 1. The molecule has 1 amide bonds. The monoisotopic (exact) mass is 406 g/mol. The summed E-state index contributed by atoms with van der Waals surface area (Å²) in [5, 5.41) is 14.1. The minimum absolute atomic E-state index is 0.0694. The molecule has 1 saturated heterocycles. The second-order valence-corrected chi connectivity index (χ2v) is 6.99. The number of carbonyl (C=O) groups excluding carboxylic acids is 1. The van der Waals surface area contributed by atoms with E-state index in [1.807, 2.05) is 9.80 Å². The van der Waals surface area contributed by atoms with Gasteiger partial charge < -0.3 is 10.2 Å². The lowest BCUT2D eigenvalue weighted by atomic mass is 10.1. The highest BCUT2D eigenvalue weighted by Gasteiger charge is 2.28. The lowest BCUT2D eigenvalue weighted by Gasteiger charge is -2.38. The molecular weight excluding hydrogens is 387 g/mol. The van der Waals surface area contributed by atoms with Crippen molar-refractivity contribution in [2.75, 3.05) is 36.4 Å². The molecule has 7 nitrogen and oxygen atoms in total. The van der Waals surface area contributed by atoms with Crippen molar-refractivity contribution in [2.24, 2.45) is 0 Å². The number of nitrogens with zero attached hydrogens (tertiary/aromatic N) is 3. The van der Waals surface area contributed by atoms with E-state index < -0.39 is 16.8 Å². The summed E-state index contributed by atoms with van der Waals surface area (Å²) in [6.07, 6.45) is 0. The fourth-order valence-electron chi connectivity index (χ4n) is 3.23. The van der Waals surface area contributed by atoms with E-state index in [9.17, 15) is 19.3 Å². The Morgan fingerprint density at radius 1 is 1.21 bits per heavy atom. The van der Waals surface area contributed by atoms with Gasteiger partial charge >= 0.3 is 0 Å². The maximum atomic E-state index is 13.9. The van der Waals surface area contributed by atoms with Crippen molar-refractivity contribution in [1.82, 2.24) is 4.90 Å². The molecule has 1 aliphatic rings. The zero-order valence-electron chi connectivity index (χ0n) is 15.3. The van der Waals surface area contributed by atoms with Crippen LogP contribution in [0.3, 0.4) is 0 Å². The largest absolute Gasteiger partial charge is 0.363 e. The molecular formula is C19H20ClFN4O3. The molecule has 0 spiro atoms. The van der Waals surface area contributed by atoms with Crippen molar-refractivity contribution in [3.63, 3.8) is 0 Å². The number of anilines is 2. The van der Waals surface area contributed by atoms with Crippen LogP contribution in [0.15, 0.2) is 42.5 Å². The van der Waals surface area contributed by atoms with Crippen LogP contribution in [0.5, 0.6) is 0 Å². The highest BCUT2D eigenvalue weighted by Crippen LogP contribution is 2.28. The number of halogens is 2. The van der Waals surface area contributed by atoms with Gasteiger partial charge in [-0.25, -0.2) is 4.39 Å². The Labute approximate surface area is 166 Å². The summed E-state index contributed by atoms with van der Waals surface area (Å²) in [5.41, 5.74) is 0.729. The van der Waals surface area contributed by atoms with E-state index in [0.29, 0.717) is 31.9 Å². The average molecular weight is 407 g/mol. The first-order valence-corrected chi connectivity index (χ1v) is 9.23. The van der Waals surface area contributed by atoms with Gasteiger partial charge in [-0.1, -0.05) is 23.7 Å². The third-order valence-electron chi connectivity index (χ3n) is 4.85. The van der Waals surface area contributed by atoms with Crippen LogP contribution in [0.4, 0.5) is 21.5 Å². The predicted molar refractivity (Wildman–Crippen MR) is 106 cm³/mol. The Hall–Kier alpha value is -2.71. The summed E-state index contributed by atoms with van der Waals surface area (Å²) in [6, 6.07) is 10.2. The second kappa shape index (κ2) is 8.53. The zero-order valence-corrected chi connectivity index (χ0v) is 16.0. The average Bonchev–Trinajstić information content (AvgIpc) is 2.69. The van der Waals surface area contributed by atoms with Crippen molar-refractivity contribution in [3.05, 3.63) is 63.4 Å². The Balaban J connectivity index is 1.61. The van der Waals surface area contributed by atoms with Gasteiger partial charge in [-0.05, 0) is 31.2 Å². The molecule has 1 fully saturated rings. The predicted octanol–water partition coefficient (Wildman–Crippen LogP) is 3.54. The fraction of sp³-hybridized carbons (Fsp3) is 0.316. The number of hydrogen-bond acceptors (Lipinski definition) is 5. The molecule has 0 aliphatic carbocycles. The zero-order chi connectivity index (χ0) is 20.3. The highest BCUT2D eigenvalue weighted by atomic mass is 35.5. The molecule has 0 saturated carbocycles. The smallest absolute Gasteiger partial charge is 0.292 e. The first-order chi connectivity index (χ1) is 13.4. The molecule has 148 valence electrons. The molecule has 1 N–H and O–H groups in total. The molecule has 1 unspecified atom stereocenters. The molecule has 1 heterocycles. The number of para-hydroxylation sites is 2. The topological polar surface area (TPSA) is 78.7 Å². The van der Waals surface area contributed by atoms with E-state index >= 15 is 0 Å². The van der Waals surface area contributed by atoms with Crippen LogP contribution < -0.4 is 10.2 Å². The summed E-state index contributed by atoms with van der Waals surface area (Å²) >= 11 is 5.72. The second-order valence-electron chi connectivity index (χ2n) is 6.56. The third-order valence-corrected chi connectivity index (χ3v) is 5.08. The van der Waals surface area contributed by atoms with E-state index in [2.05, 4.69) is 5.32 Å². The van der Waals surface area contributed by atoms with Crippen molar-refractivity contribution < 1.29 is 14.1 Å². The number of rotatable bonds is 5. The van der Waals surface area contributed by atoms with Crippen molar-refractivity contribution in [3.8, 4) is 0 Å². The minimum Gasteiger partial charge on any atom is -0.363 e. The summed E-state index contributed by atoms with van der Waals surface area (Å²) in [7, 11) is 0. The van der Waals surface area contributed by atoms with E-state index in [1.165, 1.54) is 18.2 Å². The van der Waals surface area contributed by atoms with Crippen molar-refractivity contribution >= 4 is 34.6 Å². The standard InChI is InChI=1S/C19H20ClFN4O3/c1-13(19(26)22-16-7-6-14(20)12-15(16)21)23-8-10-24(11-9-23)17-4-2-3-5-18(17)25(27)28/h2-7,12-13H,8-11H2,1H3,(H,22,26). The van der Waals surface area contributed by atoms with Gasteiger partial charge in [0.05, 0.1) is 16.7 Å². The van der Waals surface area contributed by atoms with Gasteiger partial charge in [-0.3, -0.25) is 19.8 Å². The molecule has 0 radical (unpaired) electrons. The normalized spacial score (nSPS) is 15.9. The maximum Gasteiger partial charge on any atom is 0.292 e. The Morgan fingerprint density at radius 3 is 2.54 bits per heavy atom. The molecule has 9 heteroatoms. The molecule has 3 rings (SSSR count). The van der Waals surface area contributed by atoms with E-state index in [0.717, 1.165) is 6.07 Å². The van der Waals surface area contributed by atoms with Gasteiger partial charge in [0.25, 0.3) is 5.69 Å². The van der Waals surface area contributed by atoms with Gasteiger partial charge in [0.15, 0.2) is 0 Å². The summed E-state index contributed by atoms with van der Waals surface area (Å²) < 4.78 is 13.9. The van der Waals surface area contributed by atoms with E-state index in [4.69, 9.17) is 11.6 Å². The number of benzene rings is 2. The number of nitrogens with one attached hydrogen (secondary N) is 1. The Morgan fingerprint density at radius 2 is 1.89 bits per heavy atom. The number of amides is 1. The van der Waals surface area contributed by atoms with Crippen LogP contribution in [-0.2, 0) is 4.79 Å². The van der Waals surface area contributed by atoms with Gasteiger partial charge in [-0.2, -0.15) is 0 Å². The Bertz CT molecular complexity index is 887. The Kier molecular flexibility index (Phi) is 6.11. The van der Waals surface area contributed by atoms with Gasteiger partial charge in [0, 0.05) is 37.3 Å². The summed E-state index contributed by atoms with van der Waals surface area (Å²) in [6.45, 7) is 3.98. The van der Waals surface area contributed by atoms with Crippen LogP contribution in [0.1, 0.15) is 6.92 Å². The lowest BCUT2D eigenvalue weighted by Crippen LogP contribution is -2.53. The van der Waals surface area contributed by atoms with Crippen LogP contribution in [0, 0.1) is 15.9 Å². The van der Waals surface area contributed by atoms with Gasteiger partial charge in [0.2, 0.25) is 5.91 Å². The molecule has 0 bridgehead atoms. The quantitative estimate of drug-likeness (QED) is 0.607. The minimum atomic E-state index is -0.589. The number of carbonyl (C=O) groups is 1. The van der Waals surface area contributed by atoms with E-state index in [1.54, 1.807) is 25.1 Å². The van der Waals surface area contributed by atoms with Crippen LogP contribution >= 0.6 is 11.6 Å². The molecule has 28 heavy (non-hydrogen) atoms. The van der Waals surface area contributed by atoms with Crippen LogP contribution in [0.2, 0.25) is 5.02 Å². The summed E-state index contributed by atoms with van der Waals surface area (Å²) in [5.74, 6) is -0.908. The lowest BCUT2D eigenvalue weighted by molar-refractivity contribution is -0.384. The fourth-order valence-corrected chi connectivity index (χ4v) is 3.39. The van der Waals surface area contributed by atoms with Crippen molar-refractivity contribution in [2.45, 2.75) is 13.0 Å². The summed E-state index contributed by atoms with van der Waals surface area (Å²) in [4.78, 5) is 27.2. The number of piperazine rings is 1. The van der Waals surface area contributed by atoms with Gasteiger partial charge in [-0.15, -0.1) is 0 Å². The third kappa shape index (κ3) is 4.40. The molecule has 2 aromatic rings. The molecule has 0 aromatic heterocycles. The number of nitro benzene ring substituents is 1. The van der Waals surface area contributed by atoms with Gasteiger partial charge in [0.1, 0.15) is 11.5 Å². The maximum absolute atomic E-state index is 13.9. The molecule has 1 atom stereocenters. The first-order valence-electron chi connectivity index (χ1n) is 8.85. The first kappa shape index (κ1) is 20.0. The van der Waals surface area contributed by atoms with Crippen LogP contribution in [0.25, 0.3) is 0 Å². The molecule has 1 aliphatic heterocycles. The highest BCUT2D eigenvalue weighted by molar-refractivity contribution is 6.30. The SMILES string of the molecule is CC(C(=O)Nc1ccc(Cl)cc1F)N1CCN(c2ccccc2[N+](=O)[O-])CC1.